The number of nitrogens with zero attached hydrogens (tertiary/aromatic N) is 27. The van der Waals surface area contributed by atoms with Crippen LogP contribution in [0, 0.1) is 5.82 Å². The van der Waals surface area contributed by atoms with Crippen LogP contribution in [0.15, 0.2) is 121 Å². The van der Waals surface area contributed by atoms with Crippen LogP contribution in [0.25, 0.3) is 84.5 Å². The molecule has 22 rings (SSSR count). The molecule has 6 aliphatic heterocycles. The Kier molecular flexibility index (Phi) is 27.2. The number of hydrogen-bond donors (Lipinski definition) is 12. The van der Waals surface area contributed by atoms with Gasteiger partial charge in [0.25, 0.3) is 0 Å². The molecule has 5 unspecified atom stereocenters. The van der Waals surface area contributed by atoms with Gasteiger partial charge in [-0.15, -0.1) is 11.8 Å². The van der Waals surface area contributed by atoms with Crippen molar-refractivity contribution in [3.63, 3.8) is 0 Å². The van der Waals surface area contributed by atoms with E-state index in [1.54, 1.807) is 84.7 Å². The third kappa shape index (κ3) is 18.4. The number of nitrogen functional groups attached to an aromatic ring is 6. The molecular weight excluding hydrogens is 1990 g/mol. The zero-order valence-corrected chi connectivity index (χ0v) is 79.4. The molecule has 6 saturated heterocycles. The minimum Gasteiger partial charge on any atom is -0.384 e. The fraction of sp³-hybridized carbons (Fsp3) is 0.383. The van der Waals surface area contributed by atoms with E-state index in [0.717, 1.165) is 221 Å². The lowest BCUT2D eigenvalue weighted by atomic mass is 9.95. The van der Waals surface area contributed by atoms with Gasteiger partial charge < -0.3 is 76.4 Å². The van der Waals surface area contributed by atoms with Gasteiger partial charge in [0.15, 0.2) is 45.5 Å². The lowest BCUT2D eigenvalue weighted by Gasteiger charge is -2.24. The summed E-state index contributed by atoms with van der Waals surface area (Å²) < 4.78 is 41.1. The molecule has 0 spiro atoms. The number of aryl methyl sites for hydroxylation is 4. The van der Waals surface area contributed by atoms with Gasteiger partial charge in [0, 0.05) is 198 Å². The van der Waals surface area contributed by atoms with Crippen LogP contribution in [0.1, 0.15) is 109 Å². The van der Waals surface area contributed by atoms with Gasteiger partial charge in [-0.25, -0.2) is 34.3 Å². The van der Waals surface area contributed by atoms with Crippen LogP contribution in [0.2, 0.25) is 0 Å². The van der Waals surface area contributed by atoms with Gasteiger partial charge in [0.05, 0.1) is 120 Å². The SMILES string of the molecule is C/C=C\c1cnn2c(N)cc(C3CCCNC3)nc12.Cn1cc(-c2cnn3c(N)c(Br)c(C4CCNC4)nc23)cn1.Cn1cc(-c2cnn3c(N)c(Br)c(C4CNCCO4)nc23)cn1.Cn1cc(-c2cnn3c(N)c(Br)c(C4CNCCS4)nc23)cn1.Cn1cc(-c2cnn3c(N)c(F)c(C4CCCNC4)nc23)cn1.Nc1c(Br)c(N2CC[C@@H](N)C2)nc2c(Br)cnn12. The topological polar surface area (TPSA) is 507 Å². The first-order valence-corrected chi connectivity index (χ1v) is 46.8. The Balaban J connectivity index is 0.000000108. The average molecular weight is 2080 g/mol. The number of fused-ring (bicyclic) bond motifs is 6. The van der Waals surface area contributed by atoms with E-state index in [4.69, 9.17) is 64.8 Å². The fourth-order valence-corrected chi connectivity index (χ4v) is 20.1. The third-order valence-electron chi connectivity index (χ3n) is 22.9. The summed E-state index contributed by atoms with van der Waals surface area (Å²) in [5.74, 6) is 5.16. The first-order chi connectivity index (χ1) is 62.0. The summed E-state index contributed by atoms with van der Waals surface area (Å²) in [7, 11) is 7.50. The van der Waals surface area contributed by atoms with Crippen LogP contribution < -0.4 is 71.6 Å². The Bertz CT molecular complexity index is 6360. The van der Waals surface area contributed by atoms with Crippen LogP contribution in [-0.2, 0) is 32.9 Å². The predicted octanol–water partition coefficient (Wildman–Crippen LogP) is 9.04. The number of nitrogens with two attached hydrogens (primary N) is 7. The second kappa shape index (κ2) is 38.9. The molecule has 40 nitrogen and oxygen atoms in total. The predicted molar refractivity (Wildman–Crippen MR) is 511 cm³/mol. The highest BCUT2D eigenvalue weighted by atomic mass is 79.9. The molecule has 0 bridgehead atoms. The first kappa shape index (κ1) is 89.3. The highest BCUT2D eigenvalue weighted by Crippen LogP contribution is 2.42. The van der Waals surface area contributed by atoms with Gasteiger partial charge in [-0.1, -0.05) is 12.2 Å². The number of allylic oxidation sites excluding steroid dienone is 1. The number of ether oxygens (including phenoxy) is 1. The maximum absolute atomic E-state index is 14.6. The third-order valence-corrected chi connectivity index (χ3v) is 27.9. The largest absolute Gasteiger partial charge is 0.384 e. The number of thioether (sulfide) groups is 1. The maximum atomic E-state index is 14.6. The second-order valence-electron chi connectivity index (χ2n) is 31.8. The quantitative estimate of drug-likeness (QED) is 0.0574. The van der Waals surface area contributed by atoms with E-state index < -0.39 is 5.82 Å². The molecule has 47 heteroatoms. The van der Waals surface area contributed by atoms with Crippen molar-refractivity contribution in [1.82, 2.24) is 153 Å². The smallest absolute Gasteiger partial charge is 0.187 e. The molecule has 0 radical (unpaired) electrons. The van der Waals surface area contributed by atoms with E-state index in [9.17, 15) is 4.39 Å². The van der Waals surface area contributed by atoms with E-state index >= 15 is 0 Å². The van der Waals surface area contributed by atoms with Crippen molar-refractivity contribution in [3.8, 4) is 44.5 Å². The fourth-order valence-electron chi connectivity index (χ4n) is 16.3. The van der Waals surface area contributed by atoms with Crippen LogP contribution >= 0.6 is 91.4 Å². The van der Waals surface area contributed by atoms with Crippen molar-refractivity contribution in [3.05, 3.63) is 161 Å². The number of aromatic nitrogens is 26. The van der Waals surface area contributed by atoms with E-state index in [-0.39, 0.29) is 29.1 Å². The van der Waals surface area contributed by atoms with Crippen LogP contribution in [0.5, 0.6) is 0 Å². The van der Waals surface area contributed by atoms with Crippen molar-refractivity contribution in [2.75, 3.05) is 130 Å². The number of rotatable bonds is 11. The minimum atomic E-state index is -0.466. The summed E-state index contributed by atoms with van der Waals surface area (Å²) in [6, 6.07) is 2.15. The van der Waals surface area contributed by atoms with E-state index in [0.29, 0.717) is 76.7 Å². The minimum absolute atomic E-state index is 0.00529. The van der Waals surface area contributed by atoms with Crippen molar-refractivity contribution >= 4 is 172 Å². The first-order valence-electron chi connectivity index (χ1n) is 41.8. The summed E-state index contributed by atoms with van der Waals surface area (Å²) >= 11 is 19.5. The summed E-state index contributed by atoms with van der Waals surface area (Å²) in [6.07, 6.45) is 35.5. The Morgan fingerprint density at radius 1 is 0.445 bits per heavy atom. The normalized spacial score (nSPS) is 19.0. The second-order valence-corrected chi connectivity index (χ2v) is 37.1. The molecule has 6 fully saturated rings. The molecule has 0 saturated carbocycles. The number of hydrogen-bond acceptors (Lipinski definition) is 31. The lowest BCUT2D eigenvalue weighted by Crippen LogP contribution is -2.34. The molecule has 128 heavy (non-hydrogen) atoms. The monoisotopic (exact) mass is 2080 g/mol. The van der Waals surface area contributed by atoms with Crippen LogP contribution in [0.3, 0.4) is 0 Å². The average Bonchev–Trinajstić information content (AvgIpc) is 1.63. The number of nitrogens with one attached hydrogen (secondary N) is 5. The van der Waals surface area contributed by atoms with Crippen molar-refractivity contribution < 1.29 is 9.13 Å². The van der Waals surface area contributed by atoms with E-state index in [1.165, 1.54) is 17.4 Å². The summed E-state index contributed by atoms with van der Waals surface area (Å²) in [4.78, 5) is 30.6. The molecule has 6 atom stereocenters. The lowest BCUT2D eigenvalue weighted by molar-refractivity contribution is 0.0247. The van der Waals surface area contributed by atoms with E-state index in [2.05, 4.69) is 172 Å². The molecule has 16 aromatic rings. The zero-order valence-electron chi connectivity index (χ0n) is 70.6. The van der Waals surface area contributed by atoms with Crippen molar-refractivity contribution in [2.45, 2.75) is 80.6 Å². The van der Waals surface area contributed by atoms with Crippen LogP contribution in [0.4, 0.5) is 45.1 Å². The molecule has 6 aliphatic rings. The molecule has 16 aromatic heterocycles. The Labute approximate surface area is 779 Å². The Hall–Kier alpha value is -10.7. The summed E-state index contributed by atoms with van der Waals surface area (Å²) in [6.45, 7) is 13.5. The summed E-state index contributed by atoms with van der Waals surface area (Å²) in [5.41, 5.74) is 59.8. The van der Waals surface area contributed by atoms with Gasteiger partial charge >= 0.3 is 0 Å². The van der Waals surface area contributed by atoms with Gasteiger partial charge in [-0.05, 0) is 145 Å². The molecule has 19 N–H and O–H groups in total. The molecule has 22 heterocycles. The number of halogens is 6. The van der Waals surface area contributed by atoms with Gasteiger partial charge in [0.2, 0.25) is 0 Å². The van der Waals surface area contributed by atoms with Gasteiger partial charge in [0.1, 0.15) is 45.5 Å². The molecule has 0 amide bonds. The number of anilines is 7. The Morgan fingerprint density at radius 2 is 0.906 bits per heavy atom. The van der Waals surface area contributed by atoms with E-state index in [1.807, 2.05) is 108 Å². The van der Waals surface area contributed by atoms with Gasteiger partial charge in [-0.2, -0.15) is 78.1 Å². The molecule has 670 valence electrons. The van der Waals surface area contributed by atoms with Gasteiger partial charge in [-0.3, -0.25) is 18.7 Å². The van der Waals surface area contributed by atoms with Crippen LogP contribution in [-0.4, -0.2) is 224 Å². The number of piperidine rings is 2. The highest BCUT2D eigenvalue weighted by molar-refractivity contribution is 9.11. The molecule has 0 aromatic carbocycles. The number of morpholine rings is 1. The van der Waals surface area contributed by atoms with Crippen molar-refractivity contribution in [2.24, 2.45) is 33.9 Å². The van der Waals surface area contributed by atoms with Crippen molar-refractivity contribution in [1.29, 1.82) is 0 Å². The maximum Gasteiger partial charge on any atom is 0.187 e. The standard InChI is InChI=1S/C15H18FN7.C14H16BrN7O.C14H16BrN7S.C14H16BrN7.C14H19N5.C10H12Br2N6/c1-22-8-10(6-19-22)11-7-20-23-14(17)12(16)13(21-15(11)23)9-3-2-4-18-5-9;2*1-21-7-8(4-18-21)9-5-19-22-13(16)11(15)12(20-14(9)22)10-6-17-2-3-23-10;1-21-7-9(5-18-21)10-6-19-22-13(16)11(15)12(20-14(10)22)8-2-3-17-4-8;1-2-4-11-9-17-19-13(15)7-12(18-14(11)19)10-5-3-6-16-8-10;11-6-3-15-18-8(14)7(12)10(16-9(6)18)17-2-1-5(13)4-17/h6-9,18H,2-5,17H2,1H3;2*4-5,7,10,17H,2-3,6,16H2,1H3;5-8,17H,2-4,16H2,1H3;2,4,7,9-10,16H,3,5-6,8,15H2,1H3;3,5H,1-2,4,13-14H2/b;;;;4-2-;/t;;;;;5-/m.....1/s1. The summed E-state index contributed by atoms with van der Waals surface area (Å²) in [5, 5.41) is 59.7. The highest BCUT2D eigenvalue weighted by Gasteiger charge is 2.32. The zero-order chi connectivity index (χ0) is 89.3. The molecule has 0 aliphatic carbocycles. The molecular formula is C81H97Br5FN39OS. The Morgan fingerprint density at radius 3 is 1.39 bits per heavy atom.